The monoisotopic (exact) mass is 296 g/mol. The molecule has 0 aromatic carbocycles. The third kappa shape index (κ3) is 4.90. The average molecular weight is 296 g/mol. The second kappa shape index (κ2) is 7.61. The lowest BCUT2D eigenvalue weighted by molar-refractivity contribution is -0.186. The molecule has 20 heavy (non-hydrogen) atoms. The number of rotatable bonds is 7. The average Bonchev–Trinajstić information content (AvgIpc) is 2.44. The van der Waals surface area contributed by atoms with Gasteiger partial charge < -0.3 is 15.3 Å². The van der Waals surface area contributed by atoms with E-state index < -0.39 is 12.1 Å². The summed E-state index contributed by atoms with van der Waals surface area (Å²) in [5.74, 6) is -1.17. The minimum atomic E-state index is -4.07. The van der Waals surface area contributed by atoms with Crippen LogP contribution in [0.25, 0.3) is 0 Å². The Morgan fingerprint density at radius 3 is 2.55 bits per heavy atom. The Kier molecular flexibility index (Phi) is 6.75. The van der Waals surface area contributed by atoms with Crippen molar-refractivity contribution in [1.82, 2.24) is 10.2 Å². The number of likely N-dealkylation sites (N-methyl/N-ethyl adjacent to an activating group) is 1. The normalized spacial score (nSPS) is 24.6. The number of nitrogens with zero attached hydrogens (tertiary/aromatic N) is 1. The summed E-state index contributed by atoms with van der Waals surface area (Å²) < 4.78 is 38.2. The molecule has 1 aliphatic rings. The Hall–Kier alpha value is -0.330. The molecule has 2 unspecified atom stereocenters. The largest absolute Gasteiger partial charge is 0.394 e. The Balaban J connectivity index is 2.38. The molecule has 0 amide bonds. The highest BCUT2D eigenvalue weighted by molar-refractivity contribution is 4.85. The molecule has 3 nitrogen and oxygen atoms in total. The molecule has 0 radical (unpaired) electrons. The van der Waals surface area contributed by atoms with Gasteiger partial charge in [0, 0.05) is 12.1 Å². The number of likely N-dealkylation sites (tertiary alicyclic amines) is 1. The lowest BCUT2D eigenvalue weighted by Gasteiger charge is -2.35. The van der Waals surface area contributed by atoms with Crippen molar-refractivity contribution in [1.29, 1.82) is 0 Å². The Labute approximate surface area is 119 Å². The third-order valence-corrected chi connectivity index (χ3v) is 4.61. The standard InChI is InChI=1S/C14H27F3N2O/c1-3-13(11-20,18-2)7-5-9-19-8-4-6-12(10-19)14(15,16)17/h12,18,20H,3-11H2,1-2H3. The highest BCUT2D eigenvalue weighted by Gasteiger charge is 2.41. The molecule has 2 N–H and O–H groups in total. The predicted octanol–water partition coefficient (Wildman–Crippen LogP) is 2.40. The van der Waals surface area contributed by atoms with Crippen LogP contribution in [0, 0.1) is 5.92 Å². The van der Waals surface area contributed by atoms with Crippen LogP contribution in [0.15, 0.2) is 0 Å². The molecule has 0 saturated carbocycles. The van der Waals surface area contributed by atoms with Crippen molar-refractivity contribution < 1.29 is 18.3 Å². The van der Waals surface area contributed by atoms with Gasteiger partial charge in [-0.2, -0.15) is 13.2 Å². The number of hydrogen-bond acceptors (Lipinski definition) is 3. The Morgan fingerprint density at radius 1 is 1.35 bits per heavy atom. The number of alkyl halides is 3. The summed E-state index contributed by atoms with van der Waals surface area (Å²) in [6.07, 6.45) is -0.794. The van der Waals surface area contributed by atoms with Crippen LogP contribution in [0.3, 0.4) is 0 Å². The van der Waals surface area contributed by atoms with E-state index in [0.29, 0.717) is 13.0 Å². The second-order valence-electron chi connectivity index (χ2n) is 5.83. The maximum Gasteiger partial charge on any atom is 0.393 e. The molecule has 0 aromatic rings. The topological polar surface area (TPSA) is 35.5 Å². The van der Waals surface area contributed by atoms with Crippen molar-refractivity contribution in [3.05, 3.63) is 0 Å². The van der Waals surface area contributed by atoms with E-state index in [1.807, 2.05) is 18.9 Å². The van der Waals surface area contributed by atoms with Crippen LogP contribution in [-0.4, -0.2) is 55.0 Å². The van der Waals surface area contributed by atoms with E-state index in [4.69, 9.17) is 0 Å². The van der Waals surface area contributed by atoms with E-state index in [1.165, 1.54) is 0 Å². The van der Waals surface area contributed by atoms with Crippen molar-refractivity contribution in [2.75, 3.05) is 33.3 Å². The van der Waals surface area contributed by atoms with Crippen molar-refractivity contribution in [2.24, 2.45) is 5.92 Å². The van der Waals surface area contributed by atoms with E-state index in [0.717, 1.165) is 25.8 Å². The number of halogens is 3. The smallest absolute Gasteiger partial charge is 0.393 e. The Morgan fingerprint density at radius 2 is 2.05 bits per heavy atom. The molecule has 1 heterocycles. The number of hydrogen-bond donors (Lipinski definition) is 2. The fourth-order valence-corrected chi connectivity index (χ4v) is 2.92. The van der Waals surface area contributed by atoms with Crippen molar-refractivity contribution >= 4 is 0 Å². The van der Waals surface area contributed by atoms with Gasteiger partial charge in [-0.05, 0) is 52.2 Å². The van der Waals surface area contributed by atoms with Gasteiger partial charge in [0.2, 0.25) is 0 Å². The van der Waals surface area contributed by atoms with Gasteiger partial charge in [0.25, 0.3) is 0 Å². The number of aliphatic hydroxyl groups is 1. The van der Waals surface area contributed by atoms with Gasteiger partial charge in [0.05, 0.1) is 12.5 Å². The molecule has 120 valence electrons. The van der Waals surface area contributed by atoms with Crippen molar-refractivity contribution in [3.63, 3.8) is 0 Å². The molecule has 1 saturated heterocycles. The molecule has 0 aromatic heterocycles. The summed E-state index contributed by atoms with van der Waals surface area (Å²) >= 11 is 0. The van der Waals surface area contributed by atoms with Gasteiger partial charge in [-0.25, -0.2) is 0 Å². The highest BCUT2D eigenvalue weighted by atomic mass is 19.4. The second-order valence-corrected chi connectivity index (χ2v) is 5.83. The van der Waals surface area contributed by atoms with Gasteiger partial charge in [-0.1, -0.05) is 6.92 Å². The SMILES string of the molecule is CCC(CO)(CCCN1CCCC(C(F)(F)F)C1)NC. The Bertz CT molecular complexity index is 272. The summed E-state index contributed by atoms with van der Waals surface area (Å²) in [6, 6.07) is 0. The van der Waals surface area contributed by atoms with E-state index in [1.54, 1.807) is 0 Å². The summed E-state index contributed by atoms with van der Waals surface area (Å²) in [4.78, 5) is 1.91. The molecule has 0 bridgehead atoms. The van der Waals surface area contributed by atoms with Crippen molar-refractivity contribution in [2.45, 2.75) is 50.7 Å². The van der Waals surface area contributed by atoms with Gasteiger partial charge in [0.15, 0.2) is 0 Å². The van der Waals surface area contributed by atoms with Gasteiger partial charge >= 0.3 is 6.18 Å². The molecule has 0 aliphatic carbocycles. The number of piperidine rings is 1. The molecular weight excluding hydrogens is 269 g/mol. The quantitative estimate of drug-likeness (QED) is 0.757. The van der Waals surface area contributed by atoms with Crippen LogP contribution < -0.4 is 5.32 Å². The van der Waals surface area contributed by atoms with Gasteiger partial charge in [-0.15, -0.1) is 0 Å². The van der Waals surface area contributed by atoms with Crippen LogP contribution >= 0.6 is 0 Å². The highest BCUT2D eigenvalue weighted by Crippen LogP contribution is 2.33. The van der Waals surface area contributed by atoms with E-state index >= 15 is 0 Å². The van der Waals surface area contributed by atoms with E-state index in [-0.39, 0.29) is 25.1 Å². The lowest BCUT2D eigenvalue weighted by atomic mass is 9.91. The molecule has 1 fully saturated rings. The maximum atomic E-state index is 12.7. The van der Waals surface area contributed by atoms with E-state index in [9.17, 15) is 18.3 Å². The minimum absolute atomic E-state index is 0.0607. The van der Waals surface area contributed by atoms with Crippen molar-refractivity contribution in [3.8, 4) is 0 Å². The van der Waals surface area contributed by atoms with Crippen LogP contribution in [0.1, 0.15) is 39.0 Å². The zero-order chi connectivity index (χ0) is 15.2. The fourth-order valence-electron chi connectivity index (χ4n) is 2.92. The number of nitrogens with one attached hydrogen (secondary N) is 1. The van der Waals surface area contributed by atoms with Gasteiger partial charge in [-0.3, -0.25) is 0 Å². The molecule has 6 heteroatoms. The van der Waals surface area contributed by atoms with Crippen LogP contribution in [0.4, 0.5) is 13.2 Å². The summed E-state index contributed by atoms with van der Waals surface area (Å²) in [6.45, 7) is 3.63. The maximum absolute atomic E-state index is 12.7. The molecular formula is C14H27F3N2O. The van der Waals surface area contributed by atoms with E-state index in [2.05, 4.69) is 5.32 Å². The summed E-state index contributed by atoms with van der Waals surface area (Å²) in [5, 5.41) is 12.6. The number of aliphatic hydroxyl groups excluding tert-OH is 1. The molecule has 1 aliphatic heterocycles. The third-order valence-electron chi connectivity index (χ3n) is 4.61. The first-order valence-electron chi connectivity index (χ1n) is 7.45. The lowest BCUT2D eigenvalue weighted by Crippen LogP contribution is -2.47. The first kappa shape index (κ1) is 17.7. The molecule has 2 atom stereocenters. The van der Waals surface area contributed by atoms with Crippen LogP contribution in [0.2, 0.25) is 0 Å². The first-order chi connectivity index (χ1) is 9.37. The zero-order valence-corrected chi connectivity index (χ0v) is 12.5. The first-order valence-corrected chi connectivity index (χ1v) is 7.45. The zero-order valence-electron chi connectivity index (χ0n) is 12.5. The molecule has 1 rings (SSSR count). The van der Waals surface area contributed by atoms with Crippen LogP contribution in [0.5, 0.6) is 0 Å². The summed E-state index contributed by atoms with van der Waals surface area (Å²) in [7, 11) is 1.82. The molecule has 0 spiro atoms. The summed E-state index contributed by atoms with van der Waals surface area (Å²) in [5.41, 5.74) is -0.292. The van der Waals surface area contributed by atoms with Crippen LogP contribution in [-0.2, 0) is 0 Å². The van der Waals surface area contributed by atoms with Gasteiger partial charge in [0.1, 0.15) is 0 Å². The fraction of sp³-hybridized carbons (Fsp3) is 1.00. The minimum Gasteiger partial charge on any atom is -0.394 e. The predicted molar refractivity (Wildman–Crippen MR) is 73.6 cm³/mol.